The zero-order valence-corrected chi connectivity index (χ0v) is 20.1. The van der Waals surface area contributed by atoms with Crippen molar-refractivity contribution in [1.29, 1.82) is 0 Å². The van der Waals surface area contributed by atoms with E-state index >= 15 is 0 Å². The van der Waals surface area contributed by atoms with E-state index in [-0.39, 0.29) is 12.5 Å². The standard InChI is InChI=1S/C26H26N4O3S/c1-18-12-14-20(15-13-18)30-23(28-29-26(30)34-17-19-8-5-4-6-9-19)16-27-25(31)24-21(32-2)10-7-11-22(24)33-3/h4-15H,16-17H2,1-3H3,(H,27,31). The molecule has 0 radical (unpaired) electrons. The van der Waals surface area contributed by atoms with Crippen molar-refractivity contribution in [3.05, 3.63) is 95.3 Å². The molecule has 0 spiro atoms. The summed E-state index contributed by atoms with van der Waals surface area (Å²) in [5.74, 6) is 1.95. The largest absolute Gasteiger partial charge is 0.496 e. The molecule has 174 valence electrons. The van der Waals surface area contributed by atoms with Gasteiger partial charge in [0.25, 0.3) is 5.91 Å². The van der Waals surface area contributed by atoms with Gasteiger partial charge in [-0.3, -0.25) is 9.36 Å². The van der Waals surface area contributed by atoms with Crippen molar-refractivity contribution < 1.29 is 14.3 Å². The summed E-state index contributed by atoms with van der Waals surface area (Å²) < 4.78 is 12.7. The van der Waals surface area contributed by atoms with Crippen molar-refractivity contribution in [2.75, 3.05) is 14.2 Å². The van der Waals surface area contributed by atoms with Gasteiger partial charge in [0, 0.05) is 11.4 Å². The molecular formula is C26H26N4O3S. The smallest absolute Gasteiger partial charge is 0.259 e. The Kier molecular flexibility index (Phi) is 7.49. The van der Waals surface area contributed by atoms with Gasteiger partial charge in [0.15, 0.2) is 11.0 Å². The van der Waals surface area contributed by atoms with Crippen LogP contribution in [-0.4, -0.2) is 34.9 Å². The van der Waals surface area contributed by atoms with E-state index in [1.807, 2.05) is 54.0 Å². The lowest BCUT2D eigenvalue weighted by atomic mass is 10.1. The molecule has 1 heterocycles. The number of amides is 1. The van der Waals surface area contributed by atoms with Crippen molar-refractivity contribution in [2.45, 2.75) is 24.4 Å². The Morgan fingerprint density at radius 1 is 0.912 bits per heavy atom. The lowest BCUT2D eigenvalue weighted by molar-refractivity contribution is 0.0943. The molecule has 4 aromatic rings. The maximum absolute atomic E-state index is 13.1. The zero-order valence-electron chi connectivity index (χ0n) is 19.3. The number of carbonyl (C=O) groups excluding carboxylic acids is 1. The zero-order chi connectivity index (χ0) is 23.9. The van der Waals surface area contributed by atoms with E-state index in [0.29, 0.717) is 22.9 Å². The predicted octanol–water partition coefficient (Wildman–Crippen LogP) is 4.82. The summed E-state index contributed by atoms with van der Waals surface area (Å²) in [5, 5.41) is 12.5. The highest BCUT2D eigenvalue weighted by molar-refractivity contribution is 7.98. The van der Waals surface area contributed by atoms with Gasteiger partial charge in [-0.2, -0.15) is 0 Å². The number of ether oxygens (including phenoxy) is 2. The highest BCUT2D eigenvalue weighted by Crippen LogP contribution is 2.29. The molecule has 0 aliphatic carbocycles. The van der Waals surface area contributed by atoms with Crippen LogP contribution in [0, 0.1) is 6.92 Å². The summed E-state index contributed by atoms with van der Waals surface area (Å²) in [6, 6.07) is 23.6. The molecule has 1 amide bonds. The van der Waals surface area contributed by atoms with Crippen molar-refractivity contribution in [1.82, 2.24) is 20.1 Å². The van der Waals surface area contributed by atoms with Crippen molar-refractivity contribution >= 4 is 17.7 Å². The van der Waals surface area contributed by atoms with E-state index in [0.717, 1.165) is 22.2 Å². The monoisotopic (exact) mass is 474 g/mol. The molecule has 0 unspecified atom stereocenters. The number of aromatic nitrogens is 3. The SMILES string of the molecule is COc1cccc(OC)c1C(=O)NCc1nnc(SCc2ccccc2)n1-c1ccc(C)cc1. The maximum atomic E-state index is 13.1. The van der Waals surface area contributed by atoms with Crippen LogP contribution >= 0.6 is 11.8 Å². The molecule has 7 nitrogen and oxygen atoms in total. The first-order chi connectivity index (χ1) is 16.6. The minimum atomic E-state index is -0.314. The van der Waals surface area contributed by atoms with E-state index in [2.05, 4.69) is 27.6 Å². The van der Waals surface area contributed by atoms with Crippen molar-refractivity contribution in [2.24, 2.45) is 0 Å². The first-order valence-electron chi connectivity index (χ1n) is 10.8. The van der Waals surface area contributed by atoms with Crippen LogP contribution in [-0.2, 0) is 12.3 Å². The van der Waals surface area contributed by atoms with Crippen LogP contribution in [0.15, 0.2) is 78.0 Å². The van der Waals surface area contributed by atoms with Gasteiger partial charge >= 0.3 is 0 Å². The molecule has 0 saturated carbocycles. The Labute approximate surface area is 203 Å². The van der Waals surface area contributed by atoms with Gasteiger partial charge in [-0.25, -0.2) is 0 Å². The topological polar surface area (TPSA) is 78.3 Å². The Morgan fingerprint density at radius 2 is 1.59 bits per heavy atom. The Bertz CT molecular complexity index is 1230. The third-order valence-electron chi connectivity index (χ3n) is 5.27. The number of thioether (sulfide) groups is 1. The molecule has 0 fully saturated rings. The summed E-state index contributed by atoms with van der Waals surface area (Å²) in [7, 11) is 3.05. The molecule has 0 bridgehead atoms. The molecule has 1 aromatic heterocycles. The van der Waals surface area contributed by atoms with Crippen molar-refractivity contribution in [3.8, 4) is 17.2 Å². The first kappa shape index (κ1) is 23.4. The normalized spacial score (nSPS) is 10.7. The van der Waals surface area contributed by atoms with Gasteiger partial charge in [0.2, 0.25) is 0 Å². The molecule has 0 aliphatic heterocycles. The number of rotatable bonds is 9. The van der Waals surface area contributed by atoms with Crippen LogP contribution < -0.4 is 14.8 Å². The summed E-state index contributed by atoms with van der Waals surface area (Å²) >= 11 is 1.60. The minimum Gasteiger partial charge on any atom is -0.496 e. The highest BCUT2D eigenvalue weighted by atomic mass is 32.2. The molecule has 1 N–H and O–H groups in total. The third kappa shape index (κ3) is 5.23. The summed E-state index contributed by atoms with van der Waals surface area (Å²) in [6.45, 7) is 2.23. The van der Waals surface area contributed by atoms with E-state index < -0.39 is 0 Å². The average molecular weight is 475 g/mol. The lowest BCUT2D eigenvalue weighted by Crippen LogP contribution is -2.25. The molecule has 0 aliphatic rings. The van der Waals surface area contributed by atoms with Gasteiger partial charge in [-0.05, 0) is 36.8 Å². The molecule has 4 rings (SSSR count). The Balaban J connectivity index is 1.60. The van der Waals surface area contributed by atoms with Gasteiger partial charge in [0.05, 0.1) is 20.8 Å². The van der Waals surface area contributed by atoms with Crippen LogP contribution in [0.5, 0.6) is 11.5 Å². The molecule has 0 saturated heterocycles. The number of benzene rings is 3. The van der Waals surface area contributed by atoms with E-state index in [1.54, 1.807) is 30.0 Å². The minimum absolute atomic E-state index is 0.187. The van der Waals surface area contributed by atoms with Crippen molar-refractivity contribution in [3.63, 3.8) is 0 Å². The van der Waals surface area contributed by atoms with Gasteiger partial charge < -0.3 is 14.8 Å². The summed E-state index contributed by atoms with van der Waals surface area (Å²) in [6.07, 6.45) is 0. The van der Waals surface area contributed by atoms with Crippen LogP contribution in [0.3, 0.4) is 0 Å². The second kappa shape index (κ2) is 10.9. The second-order valence-corrected chi connectivity index (χ2v) is 8.51. The number of aryl methyl sites for hydroxylation is 1. The van der Waals surface area contributed by atoms with Crippen LogP contribution in [0.25, 0.3) is 5.69 Å². The maximum Gasteiger partial charge on any atom is 0.259 e. The molecule has 8 heteroatoms. The van der Waals surface area contributed by atoms with E-state index in [4.69, 9.17) is 9.47 Å². The van der Waals surface area contributed by atoms with Crippen LogP contribution in [0.1, 0.15) is 27.3 Å². The fraction of sp³-hybridized carbons (Fsp3) is 0.192. The average Bonchev–Trinajstić information content (AvgIpc) is 3.29. The Hall–Kier alpha value is -3.78. The summed E-state index contributed by atoms with van der Waals surface area (Å²) in [4.78, 5) is 13.1. The van der Waals surface area contributed by atoms with Gasteiger partial charge in [-0.15, -0.1) is 10.2 Å². The third-order valence-corrected chi connectivity index (χ3v) is 6.27. The molecule has 3 aromatic carbocycles. The van der Waals surface area contributed by atoms with E-state index in [9.17, 15) is 4.79 Å². The number of nitrogens with zero attached hydrogens (tertiary/aromatic N) is 3. The number of hydrogen-bond acceptors (Lipinski definition) is 6. The van der Waals surface area contributed by atoms with Gasteiger partial charge in [-0.1, -0.05) is 65.9 Å². The molecule has 0 atom stereocenters. The summed E-state index contributed by atoms with van der Waals surface area (Å²) in [5.41, 5.74) is 3.63. The first-order valence-corrected chi connectivity index (χ1v) is 11.8. The highest BCUT2D eigenvalue weighted by Gasteiger charge is 2.20. The quantitative estimate of drug-likeness (QED) is 0.351. The fourth-order valence-electron chi connectivity index (χ4n) is 3.51. The Morgan fingerprint density at radius 3 is 2.24 bits per heavy atom. The number of hydrogen-bond donors (Lipinski definition) is 1. The fourth-order valence-corrected chi connectivity index (χ4v) is 4.43. The van der Waals surface area contributed by atoms with Gasteiger partial charge in [0.1, 0.15) is 17.1 Å². The lowest BCUT2D eigenvalue weighted by Gasteiger charge is -2.14. The number of methoxy groups -OCH3 is 2. The molecule has 34 heavy (non-hydrogen) atoms. The molecular weight excluding hydrogens is 448 g/mol. The van der Waals surface area contributed by atoms with Crippen LogP contribution in [0.2, 0.25) is 0 Å². The van der Waals surface area contributed by atoms with Crippen LogP contribution in [0.4, 0.5) is 0 Å². The van der Waals surface area contributed by atoms with E-state index in [1.165, 1.54) is 19.8 Å². The predicted molar refractivity (Wildman–Crippen MR) is 133 cm³/mol. The number of nitrogens with one attached hydrogen (secondary N) is 1. The second-order valence-electron chi connectivity index (χ2n) is 7.56. The number of carbonyl (C=O) groups is 1.